The summed E-state index contributed by atoms with van der Waals surface area (Å²) < 4.78 is 0. The van der Waals surface area contributed by atoms with Gasteiger partial charge in [0.1, 0.15) is 0 Å². The molecule has 0 aliphatic heterocycles. The van der Waals surface area contributed by atoms with E-state index in [9.17, 15) is 9.90 Å². The van der Waals surface area contributed by atoms with Crippen LogP contribution >= 0.6 is 11.6 Å². The summed E-state index contributed by atoms with van der Waals surface area (Å²) in [4.78, 5) is 21.4. The fourth-order valence-electron chi connectivity index (χ4n) is 4.36. The molecule has 1 aromatic heterocycles. The lowest BCUT2D eigenvalue weighted by Crippen LogP contribution is -2.18. The first-order valence-corrected chi connectivity index (χ1v) is 12.4. The molecular formula is C29H30ClN3O3. The molecule has 0 amide bonds. The average molecular weight is 504 g/mol. The molecule has 4 rings (SSSR count). The van der Waals surface area contributed by atoms with Crippen LogP contribution in [0, 0.1) is 0 Å². The Balaban J connectivity index is 1.79. The lowest BCUT2D eigenvalue weighted by atomic mass is 9.97. The Morgan fingerprint density at radius 3 is 2.56 bits per heavy atom. The maximum atomic E-state index is 11.1. The zero-order valence-electron chi connectivity index (χ0n) is 20.5. The summed E-state index contributed by atoms with van der Waals surface area (Å²) in [6, 6.07) is 21.2. The molecule has 0 fully saturated rings. The molecule has 0 atom stereocenters. The smallest absolute Gasteiger partial charge is 0.303 e. The van der Waals surface area contributed by atoms with Crippen LogP contribution in [-0.4, -0.2) is 45.4 Å². The minimum atomic E-state index is -0.842. The second-order valence-electron chi connectivity index (χ2n) is 9.00. The topological polar surface area (TPSA) is 88.9 Å². The van der Waals surface area contributed by atoms with Gasteiger partial charge in [0.2, 0.25) is 0 Å². The van der Waals surface area contributed by atoms with E-state index in [0.29, 0.717) is 28.2 Å². The Hall–Kier alpha value is -3.61. The van der Waals surface area contributed by atoms with Crippen molar-refractivity contribution in [2.45, 2.75) is 32.7 Å². The third kappa shape index (κ3) is 6.14. The average Bonchev–Trinajstić information content (AvgIpc) is 3.17. The summed E-state index contributed by atoms with van der Waals surface area (Å²) >= 11 is 6.17. The minimum Gasteiger partial charge on any atom is -0.494 e. The highest BCUT2D eigenvalue weighted by Gasteiger charge is 2.19. The van der Waals surface area contributed by atoms with Crippen molar-refractivity contribution in [3.63, 3.8) is 0 Å². The van der Waals surface area contributed by atoms with Gasteiger partial charge in [0.05, 0.1) is 22.5 Å². The van der Waals surface area contributed by atoms with Gasteiger partial charge in [-0.1, -0.05) is 54.9 Å². The van der Waals surface area contributed by atoms with Gasteiger partial charge >= 0.3 is 5.97 Å². The van der Waals surface area contributed by atoms with Gasteiger partial charge in [-0.05, 0) is 67.9 Å². The fourth-order valence-corrected chi connectivity index (χ4v) is 4.53. The van der Waals surface area contributed by atoms with E-state index in [-0.39, 0.29) is 12.3 Å². The van der Waals surface area contributed by atoms with Gasteiger partial charge in [-0.2, -0.15) is 0 Å². The SMILES string of the molecule is CCCN(C)Cc1ccc(N=C(c2cccc(CCC(=O)O)c2)c2c(O)[nH]c3cc(Cl)ccc23)cc1. The zero-order valence-corrected chi connectivity index (χ0v) is 21.2. The van der Waals surface area contributed by atoms with Crippen LogP contribution in [0.4, 0.5) is 5.69 Å². The standard InChI is InChI=1S/C29H30ClN3O3/c1-3-15-33(2)18-20-7-11-23(12-8-20)31-28(21-6-4-5-19(16-21)9-14-26(34)35)27-24-13-10-22(30)17-25(24)32-29(27)36/h4-8,10-13,16-17,32,36H,3,9,14-15,18H2,1-2H3,(H,34,35). The number of aliphatic carboxylic acids is 1. The number of carbonyl (C=O) groups is 1. The number of aliphatic imine (C=N–C) groups is 1. The summed E-state index contributed by atoms with van der Waals surface area (Å²) in [5.74, 6) is -0.843. The second kappa shape index (κ2) is 11.4. The first-order chi connectivity index (χ1) is 17.3. The van der Waals surface area contributed by atoms with Crippen molar-refractivity contribution in [2.24, 2.45) is 4.99 Å². The first kappa shape index (κ1) is 25.5. The van der Waals surface area contributed by atoms with E-state index < -0.39 is 5.97 Å². The number of aromatic hydroxyl groups is 1. The Labute approximate surface area is 215 Å². The van der Waals surface area contributed by atoms with Gasteiger partial charge in [0, 0.05) is 28.9 Å². The predicted octanol–water partition coefficient (Wildman–Crippen LogP) is 6.56. The largest absolute Gasteiger partial charge is 0.494 e. The number of halogens is 1. The van der Waals surface area contributed by atoms with Gasteiger partial charge < -0.3 is 20.1 Å². The molecule has 36 heavy (non-hydrogen) atoms. The molecule has 0 aliphatic carbocycles. The number of aromatic nitrogens is 1. The van der Waals surface area contributed by atoms with Crippen molar-refractivity contribution in [3.8, 4) is 5.88 Å². The number of aryl methyl sites for hydroxylation is 1. The van der Waals surface area contributed by atoms with Crippen LogP contribution in [0.25, 0.3) is 10.9 Å². The van der Waals surface area contributed by atoms with E-state index in [1.54, 1.807) is 12.1 Å². The lowest BCUT2D eigenvalue weighted by Gasteiger charge is -2.15. The number of carboxylic acid groups (broad SMARTS) is 1. The number of nitrogens with one attached hydrogen (secondary N) is 1. The van der Waals surface area contributed by atoms with Gasteiger partial charge in [-0.3, -0.25) is 4.79 Å². The monoisotopic (exact) mass is 503 g/mol. The molecule has 0 saturated carbocycles. The Morgan fingerprint density at radius 1 is 1.06 bits per heavy atom. The molecule has 0 aliphatic rings. The Morgan fingerprint density at radius 2 is 1.83 bits per heavy atom. The van der Waals surface area contributed by atoms with Crippen LogP contribution in [-0.2, 0) is 17.8 Å². The van der Waals surface area contributed by atoms with Crippen molar-refractivity contribution < 1.29 is 15.0 Å². The highest BCUT2D eigenvalue weighted by molar-refractivity contribution is 6.31. The van der Waals surface area contributed by atoms with E-state index in [2.05, 4.69) is 36.0 Å². The third-order valence-corrected chi connectivity index (χ3v) is 6.28. The van der Waals surface area contributed by atoms with Crippen molar-refractivity contribution >= 4 is 39.9 Å². The molecule has 7 heteroatoms. The van der Waals surface area contributed by atoms with E-state index >= 15 is 0 Å². The molecule has 0 radical (unpaired) electrons. The normalized spacial score (nSPS) is 11.9. The molecule has 0 bridgehead atoms. The molecule has 0 spiro atoms. The van der Waals surface area contributed by atoms with E-state index in [4.69, 9.17) is 21.7 Å². The number of carboxylic acids is 1. The van der Waals surface area contributed by atoms with Crippen molar-refractivity contribution in [1.82, 2.24) is 9.88 Å². The second-order valence-corrected chi connectivity index (χ2v) is 9.43. The van der Waals surface area contributed by atoms with Crippen LogP contribution in [0.2, 0.25) is 5.02 Å². The fraction of sp³-hybridized carbons (Fsp3) is 0.241. The predicted molar refractivity (Wildman–Crippen MR) is 146 cm³/mol. The summed E-state index contributed by atoms with van der Waals surface area (Å²) in [6.07, 6.45) is 1.56. The first-order valence-electron chi connectivity index (χ1n) is 12.0. The molecule has 1 heterocycles. The van der Waals surface area contributed by atoms with Crippen LogP contribution in [0.1, 0.15) is 42.0 Å². The van der Waals surface area contributed by atoms with Crippen molar-refractivity contribution in [1.29, 1.82) is 0 Å². The quantitative estimate of drug-likeness (QED) is 0.214. The number of H-pyrrole nitrogens is 1. The molecule has 3 N–H and O–H groups in total. The highest BCUT2D eigenvalue weighted by atomic mass is 35.5. The third-order valence-electron chi connectivity index (χ3n) is 6.04. The van der Waals surface area contributed by atoms with Crippen molar-refractivity contribution in [3.05, 3.63) is 94.0 Å². The van der Waals surface area contributed by atoms with Crippen LogP contribution in [0.3, 0.4) is 0 Å². The van der Waals surface area contributed by atoms with Gasteiger partial charge in [-0.15, -0.1) is 0 Å². The molecule has 186 valence electrons. The van der Waals surface area contributed by atoms with Crippen LogP contribution < -0.4 is 0 Å². The number of nitrogens with zero attached hydrogens (tertiary/aromatic N) is 2. The van der Waals surface area contributed by atoms with Crippen LogP contribution in [0.15, 0.2) is 71.7 Å². The summed E-state index contributed by atoms with van der Waals surface area (Å²) in [5, 5.41) is 21.4. The summed E-state index contributed by atoms with van der Waals surface area (Å²) in [6.45, 7) is 4.06. The number of fused-ring (bicyclic) bond motifs is 1. The van der Waals surface area contributed by atoms with Crippen molar-refractivity contribution in [2.75, 3.05) is 13.6 Å². The number of aromatic amines is 1. The maximum absolute atomic E-state index is 11.1. The molecule has 3 aromatic carbocycles. The van der Waals surface area contributed by atoms with Crippen LogP contribution in [0.5, 0.6) is 5.88 Å². The van der Waals surface area contributed by atoms with E-state index in [1.807, 2.05) is 42.5 Å². The Bertz CT molecular complexity index is 1390. The van der Waals surface area contributed by atoms with Gasteiger partial charge in [-0.25, -0.2) is 4.99 Å². The molecule has 0 saturated heterocycles. The lowest BCUT2D eigenvalue weighted by molar-refractivity contribution is -0.136. The molecule has 0 unspecified atom stereocenters. The summed E-state index contributed by atoms with van der Waals surface area (Å²) in [7, 11) is 2.11. The number of benzene rings is 3. The van der Waals surface area contributed by atoms with E-state index in [1.165, 1.54) is 5.56 Å². The number of hydrogen-bond donors (Lipinski definition) is 3. The highest BCUT2D eigenvalue weighted by Crippen LogP contribution is 2.33. The maximum Gasteiger partial charge on any atom is 0.303 e. The summed E-state index contributed by atoms with van der Waals surface area (Å²) in [5.41, 5.74) is 5.50. The molecular weight excluding hydrogens is 474 g/mol. The number of rotatable bonds is 10. The number of hydrogen-bond acceptors (Lipinski definition) is 4. The molecule has 6 nitrogen and oxygen atoms in total. The zero-order chi connectivity index (χ0) is 25.7. The van der Waals surface area contributed by atoms with E-state index in [0.717, 1.165) is 41.7 Å². The molecule has 4 aromatic rings. The van der Waals surface area contributed by atoms with Gasteiger partial charge in [0.15, 0.2) is 5.88 Å². The van der Waals surface area contributed by atoms with Gasteiger partial charge in [0.25, 0.3) is 0 Å². The minimum absolute atomic E-state index is 0.000216. The Kier molecular flexibility index (Phi) is 8.08.